The van der Waals surface area contributed by atoms with E-state index in [2.05, 4.69) is 0 Å². The maximum absolute atomic E-state index is 13.5. The third-order valence-electron chi connectivity index (χ3n) is 5.02. The first-order chi connectivity index (χ1) is 15.0. The van der Waals surface area contributed by atoms with E-state index in [9.17, 15) is 14.0 Å². The molecule has 160 valence electrons. The lowest BCUT2D eigenvalue weighted by atomic mass is 10.0. The van der Waals surface area contributed by atoms with Gasteiger partial charge in [0.25, 0.3) is 0 Å². The summed E-state index contributed by atoms with van der Waals surface area (Å²) in [5.41, 5.74) is 15.0. The van der Waals surface area contributed by atoms with Crippen LogP contribution in [-0.4, -0.2) is 11.8 Å². The van der Waals surface area contributed by atoms with Gasteiger partial charge in [-0.1, -0.05) is 42.8 Å². The third kappa shape index (κ3) is 5.92. The predicted molar refractivity (Wildman–Crippen MR) is 122 cm³/mol. The van der Waals surface area contributed by atoms with E-state index in [1.165, 1.54) is 17.0 Å². The minimum Gasteiger partial charge on any atom is -0.397 e. The summed E-state index contributed by atoms with van der Waals surface area (Å²) in [6.07, 6.45) is 2.56. The molecule has 0 radical (unpaired) electrons. The standard InChI is InChI=1S/C25H26FN3O2/c26-20-12-14-21(15-13-20)29(25(31)10-6-2-5-9-24(28)30)23-16-11-19(17-22(23)27)18-7-3-1-4-8-18/h1,3-4,7-8,11-17H,2,5-6,9-10,27H2,(H2,28,30). The summed E-state index contributed by atoms with van der Waals surface area (Å²) in [5.74, 6) is -0.870. The Morgan fingerprint density at radius 2 is 1.48 bits per heavy atom. The Kier molecular flexibility index (Phi) is 7.38. The molecular formula is C25H26FN3O2. The smallest absolute Gasteiger partial charge is 0.231 e. The molecule has 0 heterocycles. The number of nitrogens with zero attached hydrogens (tertiary/aromatic N) is 1. The molecule has 0 atom stereocenters. The molecule has 3 aromatic rings. The van der Waals surface area contributed by atoms with Crippen molar-refractivity contribution >= 4 is 28.9 Å². The molecule has 3 rings (SSSR count). The molecule has 31 heavy (non-hydrogen) atoms. The van der Waals surface area contributed by atoms with Crippen molar-refractivity contribution < 1.29 is 14.0 Å². The molecule has 0 aliphatic carbocycles. The van der Waals surface area contributed by atoms with Crippen LogP contribution in [0.5, 0.6) is 0 Å². The van der Waals surface area contributed by atoms with Crippen molar-refractivity contribution in [3.05, 3.63) is 78.6 Å². The highest BCUT2D eigenvalue weighted by atomic mass is 19.1. The Hall–Kier alpha value is -3.67. The van der Waals surface area contributed by atoms with Gasteiger partial charge < -0.3 is 11.5 Å². The molecule has 0 spiro atoms. The maximum Gasteiger partial charge on any atom is 0.231 e. The van der Waals surface area contributed by atoms with Crippen LogP contribution in [0.3, 0.4) is 0 Å². The van der Waals surface area contributed by atoms with Crippen LogP contribution < -0.4 is 16.4 Å². The Morgan fingerprint density at radius 3 is 2.13 bits per heavy atom. The van der Waals surface area contributed by atoms with Crippen molar-refractivity contribution in [2.45, 2.75) is 32.1 Å². The van der Waals surface area contributed by atoms with Crippen LogP contribution in [0.4, 0.5) is 21.5 Å². The summed E-state index contributed by atoms with van der Waals surface area (Å²) in [4.78, 5) is 25.5. The van der Waals surface area contributed by atoms with Crippen LogP contribution in [0, 0.1) is 5.82 Å². The molecule has 0 saturated carbocycles. The zero-order valence-electron chi connectivity index (χ0n) is 17.3. The van der Waals surface area contributed by atoms with Crippen LogP contribution in [0.2, 0.25) is 0 Å². The van der Waals surface area contributed by atoms with Crippen LogP contribution in [-0.2, 0) is 9.59 Å². The van der Waals surface area contributed by atoms with Gasteiger partial charge >= 0.3 is 0 Å². The maximum atomic E-state index is 13.5. The van der Waals surface area contributed by atoms with Gasteiger partial charge in [0, 0.05) is 18.5 Å². The quantitative estimate of drug-likeness (QED) is 0.370. The van der Waals surface area contributed by atoms with E-state index in [4.69, 9.17) is 11.5 Å². The summed E-state index contributed by atoms with van der Waals surface area (Å²) in [6, 6.07) is 21.1. The van der Waals surface area contributed by atoms with E-state index in [-0.39, 0.29) is 24.1 Å². The fourth-order valence-electron chi connectivity index (χ4n) is 3.44. The van der Waals surface area contributed by atoms with E-state index < -0.39 is 0 Å². The molecule has 0 saturated heterocycles. The first-order valence-corrected chi connectivity index (χ1v) is 10.3. The lowest BCUT2D eigenvalue weighted by Crippen LogP contribution is -2.26. The first kappa shape index (κ1) is 22.0. The van der Waals surface area contributed by atoms with Gasteiger partial charge in [0.1, 0.15) is 5.82 Å². The summed E-state index contributed by atoms with van der Waals surface area (Å²) in [6.45, 7) is 0. The molecule has 2 amide bonds. The monoisotopic (exact) mass is 419 g/mol. The number of rotatable bonds is 9. The second-order valence-corrected chi connectivity index (χ2v) is 7.37. The number of carbonyl (C=O) groups excluding carboxylic acids is 2. The number of anilines is 3. The van der Waals surface area contributed by atoms with Gasteiger partial charge in [-0.15, -0.1) is 0 Å². The zero-order valence-corrected chi connectivity index (χ0v) is 17.3. The number of benzene rings is 3. The predicted octanol–water partition coefficient (Wildman–Crippen LogP) is 5.18. The topological polar surface area (TPSA) is 89.4 Å². The van der Waals surface area contributed by atoms with E-state index in [1.54, 1.807) is 12.1 Å². The molecule has 3 aromatic carbocycles. The highest BCUT2D eigenvalue weighted by Gasteiger charge is 2.20. The molecule has 0 aliphatic rings. The van der Waals surface area contributed by atoms with Gasteiger partial charge in [-0.25, -0.2) is 4.39 Å². The number of hydrogen-bond acceptors (Lipinski definition) is 3. The Bertz CT molecular complexity index is 1040. The minimum absolute atomic E-state index is 0.148. The van der Waals surface area contributed by atoms with Gasteiger partial charge in [0.2, 0.25) is 11.8 Å². The van der Waals surface area contributed by atoms with Crippen LogP contribution >= 0.6 is 0 Å². The molecule has 0 aromatic heterocycles. The first-order valence-electron chi connectivity index (χ1n) is 10.3. The van der Waals surface area contributed by atoms with E-state index in [1.807, 2.05) is 48.5 Å². The van der Waals surface area contributed by atoms with Crippen molar-refractivity contribution in [2.75, 3.05) is 10.6 Å². The largest absolute Gasteiger partial charge is 0.397 e. The second kappa shape index (κ2) is 10.4. The fraction of sp³-hybridized carbons (Fsp3) is 0.200. The summed E-state index contributed by atoms with van der Waals surface area (Å²) >= 11 is 0. The molecule has 0 aliphatic heterocycles. The number of unbranched alkanes of at least 4 members (excludes halogenated alkanes) is 2. The number of nitrogen functional groups attached to an aromatic ring is 1. The van der Waals surface area contributed by atoms with Crippen molar-refractivity contribution in [2.24, 2.45) is 5.73 Å². The summed E-state index contributed by atoms with van der Waals surface area (Å²) in [7, 11) is 0. The average molecular weight is 420 g/mol. The van der Waals surface area contributed by atoms with Gasteiger partial charge in [0.05, 0.1) is 11.4 Å². The Balaban J connectivity index is 1.85. The van der Waals surface area contributed by atoms with E-state index >= 15 is 0 Å². The SMILES string of the molecule is NC(=O)CCCCCC(=O)N(c1ccc(F)cc1)c1ccc(-c2ccccc2)cc1N. The summed E-state index contributed by atoms with van der Waals surface area (Å²) < 4.78 is 13.5. The minimum atomic E-state index is -0.380. The number of halogens is 1. The highest BCUT2D eigenvalue weighted by Crippen LogP contribution is 2.34. The molecule has 6 heteroatoms. The third-order valence-corrected chi connectivity index (χ3v) is 5.02. The lowest BCUT2D eigenvalue weighted by molar-refractivity contribution is -0.118. The van der Waals surface area contributed by atoms with Crippen molar-refractivity contribution in [1.82, 2.24) is 0 Å². The molecule has 0 bridgehead atoms. The normalized spacial score (nSPS) is 10.6. The zero-order chi connectivity index (χ0) is 22.2. The van der Waals surface area contributed by atoms with Gasteiger partial charge in [0.15, 0.2) is 0 Å². The van der Waals surface area contributed by atoms with Crippen molar-refractivity contribution in [3.63, 3.8) is 0 Å². The van der Waals surface area contributed by atoms with E-state index in [0.29, 0.717) is 42.7 Å². The number of nitrogens with two attached hydrogens (primary N) is 2. The number of amides is 2. The summed E-state index contributed by atoms with van der Waals surface area (Å²) in [5, 5.41) is 0. The van der Waals surface area contributed by atoms with Gasteiger partial charge in [-0.2, -0.15) is 0 Å². The van der Waals surface area contributed by atoms with Gasteiger partial charge in [-0.3, -0.25) is 14.5 Å². The Morgan fingerprint density at radius 1 is 0.806 bits per heavy atom. The van der Waals surface area contributed by atoms with Crippen LogP contribution in [0.15, 0.2) is 72.8 Å². The van der Waals surface area contributed by atoms with Crippen LogP contribution in [0.25, 0.3) is 11.1 Å². The number of carbonyl (C=O) groups is 2. The van der Waals surface area contributed by atoms with E-state index in [0.717, 1.165) is 11.1 Å². The van der Waals surface area contributed by atoms with Crippen molar-refractivity contribution in [3.8, 4) is 11.1 Å². The van der Waals surface area contributed by atoms with Crippen LogP contribution in [0.1, 0.15) is 32.1 Å². The lowest BCUT2D eigenvalue weighted by Gasteiger charge is -2.25. The molecule has 4 N–H and O–H groups in total. The number of primary amides is 1. The molecule has 5 nitrogen and oxygen atoms in total. The Labute approximate surface area is 181 Å². The van der Waals surface area contributed by atoms with Crippen molar-refractivity contribution in [1.29, 1.82) is 0 Å². The molecular weight excluding hydrogens is 393 g/mol. The average Bonchev–Trinajstić information content (AvgIpc) is 2.76. The second-order valence-electron chi connectivity index (χ2n) is 7.37. The highest BCUT2D eigenvalue weighted by molar-refractivity contribution is 6.03. The molecule has 0 unspecified atom stereocenters. The fourth-order valence-corrected chi connectivity index (χ4v) is 3.44. The molecule has 0 fully saturated rings. The number of hydrogen-bond donors (Lipinski definition) is 2. The van der Waals surface area contributed by atoms with Gasteiger partial charge in [-0.05, 0) is 60.4 Å².